The van der Waals surface area contributed by atoms with Crippen LogP contribution in [0.15, 0.2) is 42.5 Å². The van der Waals surface area contributed by atoms with Gasteiger partial charge in [-0.1, -0.05) is 18.2 Å². The minimum absolute atomic E-state index is 0.188. The number of nitrogens with one attached hydrogen (secondary N) is 1. The smallest absolute Gasteiger partial charge is 0.328 e. The molecule has 2 rings (SSSR count). The zero-order valence-corrected chi connectivity index (χ0v) is 15.5. The van der Waals surface area contributed by atoms with Gasteiger partial charge in [0.2, 0.25) is 5.91 Å². The Morgan fingerprint density at radius 3 is 2.40 bits per heavy atom. The van der Waals surface area contributed by atoms with Gasteiger partial charge < -0.3 is 10.1 Å². The van der Waals surface area contributed by atoms with Crippen molar-refractivity contribution in [2.75, 3.05) is 7.11 Å². The predicted octanol–water partition coefficient (Wildman–Crippen LogP) is 3.01. The van der Waals surface area contributed by atoms with Crippen molar-refractivity contribution in [1.29, 1.82) is 0 Å². The number of hydrogen-bond acceptors (Lipinski definition) is 3. The van der Waals surface area contributed by atoms with Gasteiger partial charge in [0.05, 0.1) is 13.5 Å². The van der Waals surface area contributed by atoms with Crippen molar-refractivity contribution in [2.24, 2.45) is 0 Å². The van der Waals surface area contributed by atoms with Gasteiger partial charge in [-0.25, -0.2) is 13.6 Å². The molecule has 7 heteroatoms. The van der Waals surface area contributed by atoms with Crippen molar-refractivity contribution in [2.45, 2.75) is 18.9 Å². The van der Waals surface area contributed by atoms with Gasteiger partial charge in [-0.05, 0) is 51.9 Å². The predicted molar refractivity (Wildman–Crippen MR) is 96.9 cm³/mol. The van der Waals surface area contributed by atoms with E-state index in [-0.39, 0.29) is 18.4 Å². The van der Waals surface area contributed by atoms with Crippen molar-refractivity contribution in [1.82, 2.24) is 5.32 Å². The molecule has 0 unspecified atom stereocenters. The number of halogens is 3. The molecule has 4 nitrogen and oxygen atoms in total. The molecular formula is C18H16F2INO3. The monoisotopic (exact) mass is 459 g/mol. The zero-order chi connectivity index (χ0) is 18.4. The molecule has 0 aliphatic carbocycles. The van der Waals surface area contributed by atoms with E-state index in [9.17, 15) is 18.4 Å². The van der Waals surface area contributed by atoms with Gasteiger partial charge in [-0.2, -0.15) is 0 Å². The SMILES string of the molecule is COC(=O)[C@@H](Cc1ccccc1I)NC(=O)Cc1cc(F)cc(F)c1. The molecule has 1 atom stereocenters. The Morgan fingerprint density at radius 1 is 1.16 bits per heavy atom. The Labute approximate surface area is 157 Å². The van der Waals surface area contributed by atoms with Crippen molar-refractivity contribution < 1.29 is 23.1 Å². The van der Waals surface area contributed by atoms with E-state index >= 15 is 0 Å². The van der Waals surface area contributed by atoms with Crippen LogP contribution in [-0.2, 0) is 27.2 Å². The van der Waals surface area contributed by atoms with Crippen molar-refractivity contribution in [3.05, 3.63) is 68.8 Å². The summed E-state index contributed by atoms with van der Waals surface area (Å²) in [6, 6.07) is 9.46. The first-order valence-electron chi connectivity index (χ1n) is 7.44. The number of methoxy groups -OCH3 is 1. The third-order valence-electron chi connectivity index (χ3n) is 3.49. The van der Waals surface area contributed by atoms with Gasteiger partial charge in [-0.15, -0.1) is 0 Å². The number of carbonyl (C=O) groups is 2. The van der Waals surface area contributed by atoms with Gasteiger partial charge in [0.15, 0.2) is 0 Å². The van der Waals surface area contributed by atoms with Crippen LogP contribution in [0.1, 0.15) is 11.1 Å². The number of benzene rings is 2. The minimum atomic E-state index is -0.883. The molecule has 0 spiro atoms. The summed E-state index contributed by atoms with van der Waals surface area (Å²) in [6.45, 7) is 0. The van der Waals surface area contributed by atoms with Gasteiger partial charge in [0, 0.05) is 16.1 Å². The van der Waals surface area contributed by atoms with E-state index in [1.54, 1.807) is 0 Å². The summed E-state index contributed by atoms with van der Waals surface area (Å²) in [5.41, 5.74) is 1.07. The molecule has 25 heavy (non-hydrogen) atoms. The number of carbonyl (C=O) groups excluding carboxylic acids is 2. The third-order valence-corrected chi connectivity index (χ3v) is 4.54. The van der Waals surface area contributed by atoms with Gasteiger partial charge in [0.1, 0.15) is 17.7 Å². The van der Waals surface area contributed by atoms with E-state index in [0.717, 1.165) is 27.3 Å². The lowest BCUT2D eigenvalue weighted by Crippen LogP contribution is -2.43. The molecule has 0 bridgehead atoms. The first-order chi connectivity index (χ1) is 11.9. The largest absolute Gasteiger partial charge is 0.467 e. The molecule has 2 aromatic carbocycles. The number of rotatable bonds is 6. The Hall–Kier alpha value is -2.03. The van der Waals surface area contributed by atoms with Crippen LogP contribution in [0.4, 0.5) is 8.78 Å². The first kappa shape index (κ1) is 19.3. The van der Waals surface area contributed by atoms with Crippen molar-refractivity contribution in [3.63, 3.8) is 0 Å². The number of hydrogen-bond donors (Lipinski definition) is 1. The average Bonchev–Trinajstić information content (AvgIpc) is 2.54. The fourth-order valence-electron chi connectivity index (χ4n) is 2.36. The molecule has 2 aromatic rings. The summed E-state index contributed by atoms with van der Waals surface area (Å²) >= 11 is 2.14. The highest BCUT2D eigenvalue weighted by atomic mass is 127. The number of ether oxygens (including phenoxy) is 1. The summed E-state index contributed by atoms with van der Waals surface area (Å²) in [4.78, 5) is 24.1. The molecule has 132 valence electrons. The van der Waals surface area contributed by atoms with Gasteiger partial charge >= 0.3 is 5.97 Å². The first-order valence-corrected chi connectivity index (χ1v) is 8.52. The topological polar surface area (TPSA) is 55.4 Å². The Kier molecular flexibility index (Phi) is 6.86. The van der Waals surface area contributed by atoms with Crippen LogP contribution in [0.2, 0.25) is 0 Å². The molecule has 0 aliphatic heterocycles. The van der Waals surface area contributed by atoms with E-state index in [0.29, 0.717) is 0 Å². The molecule has 0 fully saturated rings. The Balaban J connectivity index is 2.09. The second kappa shape index (κ2) is 8.89. The number of esters is 1. The van der Waals surface area contributed by atoms with E-state index in [1.807, 2.05) is 24.3 Å². The Morgan fingerprint density at radius 2 is 1.80 bits per heavy atom. The molecule has 0 aliphatic rings. The molecule has 0 aromatic heterocycles. The van der Waals surface area contributed by atoms with Crippen LogP contribution in [0.3, 0.4) is 0 Å². The van der Waals surface area contributed by atoms with Crippen LogP contribution in [-0.4, -0.2) is 25.0 Å². The van der Waals surface area contributed by atoms with E-state index in [2.05, 4.69) is 27.9 Å². The summed E-state index contributed by atoms with van der Waals surface area (Å²) in [7, 11) is 1.24. The van der Waals surface area contributed by atoms with Crippen molar-refractivity contribution in [3.8, 4) is 0 Å². The van der Waals surface area contributed by atoms with Crippen LogP contribution >= 0.6 is 22.6 Å². The average molecular weight is 459 g/mol. The van der Waals surface area contributed by atoms with Crippen molar-refractivity contribution >= 4 is 34.5 Å². The summed E-state index contributed by atoms with van der Waals surface area (Å²) in [6.07, 6.45) is 0.0170. The highest BCUT2D eigenvalue weighted by molar-refractivity contribution is 14.1. The lowest BCUT2D eigenvalue weighted by molar-refractivity contribution is -0.145. The van der Waals surface area contributed by atoms with Crippen LogP contribution in [0.5, 0.6) is 0 Å². The van der Waals surface area contributed by atoms with Gasteiger partial charge in [0.25, 0.3) is 0 Å². The maximum Gasteiger partial charge on any atom is 0.328 e. The van der Waals surface area contributed by atoms with Crippen LogP contribution < -0.4 is 5.32 Å². The standard InChI is InChI=1S/C18H16F2INO3/c1-25-18(24)16(9-12-4-2-3-5-15(12)21)22-17(23)8-11-6-13(19)10-14(20)7-11/h2-7,10,16H,8-9H2,1H3,(H,22,23)/t16-/m1/s1. The lowest BCUT2D eigenvalue weighted by Gasteiger charge is -2.17. The van der Waals surface area contributed by atoms with E-state index < -0.39 is 29.6 Å². The molecule has 1 N–H and O–H groups in total. The van der Waals surface area contributed by atoms with E-state index in [4.69, 9.17) is 4.74 Å². The zero-order valence-electron chi connectivity index (χ0n) is 13.4. The van der Waals surface area contributed by atoms with Crippen LogP contribution in [0, 0.1) is 15.2 Å². The fraction of sp³-hybridized carbons (Fsp3) is 0.222. The molecule has 1 amide bonds. The summed E-state index contributed by atoms with van der Waals surface area (Å²) in [5.74, 6) is -2.62. The van der Waals surface area contributed by atoms with Crippen LogP contribution in [0.25, 0.3) is 0 Å². The molecule has 0 saturated carbocycles. The normalized spacial score (nSPS) is 11.7. The highest BCUT2D eigenvalue weighted by Gasteiger charge is 2.23. The fourth-order valence-corrected chi connectivity index (χ4v) is 2.97. The second-order valence-electron chi connectivity index (χ2n) is 5.39. The molecule has 0 saturated heterocycles. The minimum Gasteiger partial charge on any atom is -0.467 e. The molecule has 0 heterocycles. The Bertz CT molecular complexity index is 762. The summed E-state index contributed by atoms with van der Waals surface area (Å²) < 4.78 is 32.1. The highest BCUT2D eigenvalue weighted by Crippen LogP contribution is 2.14. The maximum atomic E-state index is 13.2. The third kappa shape index (κ3) is 5.77. The molecular weight excluding hydrogens is 443 g/mol. The lowest BCUT2D eigenvalue weighted by atomic mass is 10.1. The molecule has 0 radical (unpaired) electrons. The maximum absolute atomic E-state index is 13.2. The second-order valence-corrected chi connectivity index (χ2v) is 6.56. The van der Waals surface area contributed by atoms with E-state index in [1.165, 1.54) is 7.11 Å². The number of amides is 1. The summed E-state index contributed by atoms with van der Waals surface area (Å²) in [5, 5.41) is 2.57. The quantitative estimate of drug-likeness (QED) is 0.534. The van der Waals surface area contributed by atoms with Gasteiger partial charge in [-0.3, -0.25) is 4.79 Å².